The summed E-state index contributed by atoms with van der Waals surface area (Å²) in [5.41, 5.74) is 0.995. The van der Waals surface area contributed by atoms with Crippen LogP contribution < -0.4 is 5.32 Å². The molecule has 1 aliphatic heterocycles. The van der Waals surface area contributed by atoms with Crippen molar-refractivity contribution in [1.82, 2.24) is 10.2 Å². The fourth-order valence-electron chi connectivity index (χ4n) is 2.51. The molecule has 0 aromatic heterocycles. The van der Waals surface area contributed by atoms with Crippen LogP contribution in [0.25, 0.3) is 0 Å². The molecule has 1 amide bonds. The van der Waals surface area contributed by atoms with Gasteiger partial charge in [0, 0.05) is 28.9 Å². The van der Waals surface area contributed by atoms with Gasteiger partial charge in [0.05, 0.1) is 6.17 Å². The van der Waals surface area contributed by atoms with Crippen molar-refractivity contribution in [3.63, 3.8) is 0 Å². The minimum absolute atomic E-state index is 0.0431. The predicted octanol–water partition coefficient (Wildman–Crippen LogP) is 1.66. The zero-order chi connectivity index (χ0) is 14.5. The molecule has 20 heavy (non-hydrogen) atoms. The van der Waals surface area contributed by atoms with Crippen LogP contribution in [0, 0.1) is 0 Å². The van der Waals surface area contributed by atoms with Gasteiger partial charge in [-0.2, -0.15) is 0 Å². The first-order chi connectivity index (χ1) is 9.67. The van der Waals surface area contributed by atoms with Gasteiger partial charge in [-0.05, 0) is 12.0 Å². The zero-order valence-corrected chi connectivity index (χ0v) is 12.9. The molecule has 4 nitrogen and oxygen atoms in total. The van der Waals surface area contributed by atoms with E-state index in [2.05, 4.69) is 12.2 Å². The van der Waals surface area contributed by atoms with E-state index in [1.807, 2.05) is 42.2 Å². The lowest BCUT2D eigenvalue weighted by atomic mass is 10.1. The lowest BCUT2D eigenvalue weighted by molar-refractivity contribution is -0.129. The van der Waals surface area contributed by atoms with E-state index in [1.54, 1.807) is 0 Å². The normalized spacial score (nSPS) is 24.1. The molecule has 2 rings (SSSR count). The second-order valence-electron chi connectivity index (χ2n) is 4.90. The molecule has 0 radical (unpaired) electrons. The fourth-order valence-corrected chi connectivity index (χ4v) is 3.20. The molecule has 1 saturated heterocycles. The second-order valence-corrected chi connectivity index (χ2v) is 6.76. The van der Waals surface area contributed by atoms with Crippen molar-refractivity contribution in [2.45, 2.75) is 32.5 Å². The van der Waals surface area contributed by atoms with Gasteiger partial charge in [0.1, 0.15) is 6.04 Å². The minimum atomic E-state index is -0.832. The van der Waals surface area contributed by atoms with E-state index in [-0.39, 0.29) is 18.1 Å². The number of hydrogen-bond acceptors (Lipinski definition) is 3. The Morgan fingerprint density at radius 1 is 1.25 bits per heavy atom. The van der Waals surface area contributed by atoms with E-state index in [0.717, 1.165) is 12.0 Å². The van der Waals surface area contributed by atoms with Gasteiger partial charge in [-0.1, -0.05) is 44.2 Å². The van der Waals surface area contributed by atoms with Crippen LogP contribution in [0.5, 0.6) is 0 Å². The maximum atomic E-state index is 12.5. The molecule has 1 aromatic rings. The van der Waals surface area contributed by atoms with E-state index in [9.17, 15) is 9.00 Å². The van der Waals surface area contributed by atoms with E-state index in [4.69, 9.17) is 0 Å². The number of amides is 1. The van der Waals surface area contributed by atoms with Crippen molar-refractivity contribution in [1.29, 1.82) is 0 Å². The third kappa shape index (κ3) is 3.27. The average Bonchev–Trinajstić information content (AvgIpc) is 2.82. The molecule has 0 saturated carbocycles. The van der Waals surface area contributed by atoms with Crippen LogP contribution in [0.15, 0.2) is 30.3 Å². The molecule has 1 heterocycles. The van der Waals surface area contributed by atoms with E-state index >= 15 is 0 Å². The van der Waals surface area contributed by atoms with Crippen molar-refractivity contribution >= 4 is 16.7 Å². The van der Waals surface area contributed by atoms with Crippen molar-refractivity contribution in [3.8, 4) is 0 Å². The maximum absolute atomic E-state index is 12.5. The number of carbonyl (C=O) groups excluding carboxylic acids is 1. The third-order valence-corrected chi connectivity index (χ3v) is 4.95. The van der Waals surface area contributed by atoms with Gasteiger partial charge in [0.25, 0.3) is 0 Å². The summed E-state index contributed by atoms with van der Waals surface area (Å²) in [6.45, 7) is 4.53. The summed E-state index contributed by atoms with van der Waals surface area (Å²) in [5, 5.41) is 3.38. The Kier molecular flexibility index (Phi) is 5.31. The molecule has 1 fully saturated rings. The summed E-state index contributed by atoms with van der Waals surface area (Å²) in [4.78, 5) is 14.4. The molecule has 3 atom stereocenters. The van der Waals surface area contributed by atoms with Gasteiger partial charge in [-0.25, -0.2) is 0 Å². The van der Waals surface area contributed by atoms with E-state index in [0.29, 0.717) is 18.1 Å². The molecule has 110 valence electrons. The SMILES string of the molecule is CCC1NC(c2ccccc2)C(=O)N1CCS(=O)CC. The summed E-state index contributed by atoms with van der Waals surface area (Å²) >= 11 is 0. The number of hydrogen-bond donors (Lipinski definition) is 1. The first-order valence-electron chi connectivity index (χ1n) is 7.13. The Hall–Kier alpha value is -1.20. The monoisotopic (exact) mass is 294 g/mol. The van der Waals surface area contributed by atoms with Crippen LogP contribution in [0.2, 0.25) is 0 Å². The molecule has 1 N–H and O–H groups in total. The Labute approximate surface area is 123 Å². The van der Waals surface area contributed by atoms with Gasteiger partial charge in [0.2, 0.25) is 5.91 Å². The van der Waals surface area contributed by atoms with E-state index < -0.39 is 10.8 Å². The van der Waals surface area contributed by atoms with Gasteiger partial charge >= 0.3 is 0 Å². The summed E-state index contributed by atoms with van der Waals surface area (Å²) < 4.78 is 11.6. The Morgan fingerprint density at radius 3 is 2.55 bits per heavy atom. The predicted molar refractivity (Wildman–Crippen MR) is 81.7 cm³/mol. The van der Waals surface area contributed by atoms with Crippen LogP contribution in [0.3, 0.4) is 0 Å². The molecule has 0 aliphatic carbocycles. The van der Waals surface area contributed by atoms with Crippen molar-refractivity contribution in [3.05, 3.63) is 35.9 Å². The Bertz CT molecular complexity index is 478. The lowest BCUT2D eigenvalue weighted by Gasteiger charge is -2.22. The summed E-state index contributed by atoms with van der Waals surface area (Å²) in [7, 11) is -0.832. The highest BCUT2D eigenvalue weighted by Crippen LogP contribution is 2.25. The van der Waals surface area contributed by atoms with Crippen LogP contribution in [-0.2, 0) is 15.6 Å². The van der Waals surface area contributed by atoms with Gasteiger partial charge < -0.3 is 4.90 Å². The molecular weight excluding hydrogens is 272 g/mol. The number of rotatable bonds is 6. The van der Waals surface area contributed by atoms with Gasteiger partial charge in [-0.3, -0.25) is 14.3 Å². The number of carbonyl (C=O) groups is 1. The Morgan fingerprint density at radius 2 is 1.95 bits per heavy atom. The maximum Gasteiger partial charge on any atom is 0.245 e. The third-order valence-electron chi connectivity index (χ3n) is 3.67. The van der Waals surface area contributed by atoms with Crippen LogP contribution in [-0.4, -0.2) is 39.2 Å². The standard InChI is InChI=1S/C15H22N2O2S/c1-3-13-16-14(12-8-6-5-7-9-12)15(18)17(13)10-11-20(19)4-2/h5-9,13-14,16H,3-4,10-11H2,1-2H3. The van der Waals surface area contributed by atoms with Gasteiger partial charge in [0.15, 0.2) is 0 Å². The van der Waals surface area contributed by atoms with Crippen molar-refractivity contribution < 1.29 is 9.00 Å². The zero-order valence-electron chi connectivity index (χ0n) is 12.0. The van der Waals surface area contributed by atoms with Crippen molar-refractivity contribution in [2.24, 2.45) is 0 Å². The first kappa shape index (κ1) is 15.2. The average molecular weight is 294 g/mol. The van der Waals surface area contributed by atoms with E-state index in [1.165, 1.54) is 0 Å². The molecular formula is C15H22N2O2S. The largest absolute Gasteiger partial charge is 0.325 e. The minimum Gasteiger partial charge on any atom is -0.325 e. The number of benzene rings is 1. The molecule has 1 aromatic carbocycles. The van der Waals surface area contributed by atoms with Crippen LogP contribution in [0.4, 0.5) is 0 Å². The summed E-state index contributed by atoms with van der Waals surface area (Å²) in [6.07, 6.45) is 0.898. The highest BCUT2D eigenvalue weighted by molar-refractivity contribution is 7.84. The molecule has 1 aliphatic rings. The highest BCUT2D eigenvalue weighted by atomic mass is 32.2. The fraction of sp³-hybridized carbons (Fsp3) is 0.533. The van der Waals surface area contributed by atoms with Crippen molar-refractivity contribution in [2.75, 3.05) is 18.1 Å². The molecule has 3 unspecified atom stereocenters. The quantitative estimate of drug-likeness (QED) is 0.868. The van der Waals surface area contributed by atoms with Crippen LogP contribution in [0.1, 0.15) is 31.9 Å². The smallest absolute Gasteiger partial charge is 0.245 e. The lowest BCUT2D eigenvalue weighted by Crippen LogP contribution is -2.39. The molecule has 0 bridgehead atoms. The van der Waals surface area contributed by atoms with Gasteiger partial charge in [-0.15, -0.1) is 0 Å². The summed E-state index contributed by atoms with van der Waals surface area (Å²) in [5.74, 6) is 1.30. The number of nitrogens with one attached hydrogen (secondary N) is 1. The first-order valence-corrected chi connectivity index (χ1v) is 8.62. The number of nitrogens with zero attached hydrogens (tertiary/aromatic N) is 1. The molecule has 0 spiro atoms. The summed E-state index contributed by atoms with van der Waals surface area (Å²) in [6, 6.07) is 9.50. The highest BCUT2D eigenvalue weighted by Gasteiger charge is 2.38. The topological polar surface area (TPSA) is 49.4 Å². The second kappa shape index (κ2) is 6.99. The van der Waals surface area contributed by atoms with Crippen LogP contribution >= 0.6 is 0 Å². The Balaban J connectivity index is 2.09. The molecule has 5 heteroatoms.